The molecule has 0 aliphatic rings. The summed E-state index contributed by atoms with van der Waals surface area (Å²) in [6.07, 6.45) is 0. The highest BCUT2D eigenvalue weighted by Gasteiger charge is 2.07. The summed E-state index contributed by atoms with van der Waals surface area (Å²) in [5.41, 5.74) is 8.16. The molecule has 0 unspecified atom stereocenters. The van der Waals surface area contributed by atoms with Gasteiger partial charge in [0, 0.05) is 12.1 Å². The van der Waals surface area contributed by atoms with Gasteiger partial charge >= 0.3 is 0 Å². The van der Waals surface area contributed by atoms with Crippen molar-refractivity contribution in [3.8, 4) is 0 Å². The van der Waals surface area contributed by atoms with Crippen molar-refractivity contribution in [2.24, 2.45) is 5.73 Å². The van der Waals surface area contributed by atoms with Crippen LogP contribution >= 0.6 is 11.3 Å². The number of hydrogen-bond acceptors (Lipinski definition) is 4. The van der Waals surface area contributed by atoms with Crippen LogP contribution in [0.3, 0.4) is 0 Å². The van der Waals surface area contributed by atoms with E-state index in [1.807, 2.05) is 36.4 Å². The summed E-state index contributed by atoms with van der Waals surface area (Å²) < 4.78 is 1.13. The zero-order valence-electron chi connectivity index (χ0n) is 11.4. The molecule has 106 valence electrons. The molecule has 0 saturated heterocycles. The molecule has 1 heterocycles. The smallest absolute Gasteiger partial charge is 0.251 e. The fraction of sp³-hybridized carbons (Fsp3) is 0.125. The third kappa shape index (κ3) is 3.09. The van der Waals surface area contributed by atoms with Gasteiger partial charge in [0.1, 0.15) is 5.01 Å². The fourth-order valence-corrected chi connectivity index (χ4v) is 2.95. The number of benzene rings is 2. The van der Waals surface area contributed by atoms with Crippen LogP contribution in [0.1, 0.15) is 20.9 Å². The summed E-state index contributed by atoms with van der Waals surface area (Å²) in [5, 5.41) is 3.80. The average molecular weight is 297 g/mol. The topological polar surface area (TPSA) is 68.0 Å². The van der Waals surface area contributed by atoms with E-state index in [1.54, 1.807) is 23.5 Å². The summed E-state index contributed by atoms with van der Waals surface area (Å²) in [6.45, 7) is 0.921. The zero-order chi connectivity index (χ0) is 14.7. The van der Waals surface area contributed by atoms with Crippen LogP contribution in [-0.2, 0) is 13.1 Å². The van der Waals surface area contributed by atoms with Crippen LogP contribution in [0.4, 0.5) is 0 Å². The number of rotatable bonds is 4. The molecule has 0 aliphatic carbocycles. The number of nitrogens with two attached hydrogens (primary N) is 1. The van der Waals surface area contributed by atoms with Crippen LogP contribution in [0, 0.1) is 0 Å². The van der Waals surface area contributed by atoms with Crippen molar-refractivity contribution in [3.05, 3.63) is 64.7 Å². The number of para-hydroxylation sites is 1. The minimum Gasteiger partial charge on any atom is -0.346 e. The first-order chi connectivity index (χ1) is 10.3. The number of aromatic nitrogens is 1. The predicted octanol–water partition coefficient (Wildman–Crippen LogP) is 2.69. The standard InChI is InChI=1S/C16H15N3OS/c17-9-11-5-7-12(8-6-11)16(20)18-10-15-19-13-3-1-2-4-14(13)21-15/h1-8H,9-10,17H2,(H,18,20). The molecule has 0 radical (unpaired) electrons. The number of fused-ring (bicyclic) bond motifs is 1. The molecule has 3 rings (SSSR count). The van der Waals surface area contributed by atoms with Crippen molar-refractivity contribution in [3.63, 3.8) is 0 Å². The molecule has 1 aromatic heterocycles. The number of carbonyl (C=O) groups is 1. The van der Waals surface area contributed by atoms with Crippen molar-refractivity contribution in [2.45, 2.75) is 13.1 Å². The molecule has 3 N–H and O–H groups in total. The number of amides is 1. The van der Waals surface area contributed by atoms with Crippen molar-refractivity contribution in [2.75, 3.05) is 0 Å². The summed E-state index contributed by atoms with van der Waals surface area (Å²) in [5.74, 6) is -0.0992. The van der Waals surface area contributed by atoms with Crippen LogP contribution in [0.5, 0.6) is 0 Å². The minimum absolute atomic E-state index is 0.0992. The van der Waals surface area contributed by atoms with E-state index < -0.39 is 0 Å². The second kappa shape index (κ2) is 6.03. The molecule has 2 aromatic carbocycles. The molecule has 1 amide bonds. The monoisotopic (exact) mass is 297 g/mol. The van der Waals surface area contributed by atoms with E-state index in [9.17, 15) is 4.79 Å². The molecule has 3 aromatic rings. The first-order valence-corrected chi connectivity index (χ1v) is 7.49. The lowest BCUT2D eigenvalue weighted by molar-refractivity contribution is 0.0951. The number of nitrogens with zero attached hydrogens (tertiary/aromatic N) is 1. The molecule has 0 aliphatic heterocycles. The molecule has 0 atom stereocenters. The second-order valence-corrected chi connectivity index (χ2v) is 5.77. The van der Waals surface area contributed by atoms with Gasteiger partial charge in [0.05, 0.1) is 16.8 Å². The van der Waals surface area contributed by atoms with Crippen LogP contribution in [0.2, 0.25) is 0 Å². The van der Waals surface area contributed by atoms with Crippen LogP contribution in [0.25, 0.3) is 10.2 Å². The van der Waals surface area contributed by atoms with Crippen LogP contribution in [-0.4, -0.2) is 10.9 Å². The lowest BCUT2D eigenvalue weighted by Gasteiger charge is -2.04. The maximum absolute atomic E-state index is 12.1. The number of hydrogen-bond donors (Lipinski definition) is 2. The van der Waals surface area contributed by atoms with Crippen molar-refractivity contribution < 1.29 is 4.79 Å². The van der Waals surface area contributed by atoms with E-state index in [-0.39, 0.29) is 5.91 Å². The Morgan fingerprint density at radius 1 is 1.14 bits per heavy atom. The Hall–Kier alpha value is -2.24. The first-order valence-electron chi connectivity index (χ1n) is 6.68. The van der Waals surface area contributed by atoms with Gasteiger partial charge in [-0.05, 0) is 29.8 Å². The number of carbonyl (C=O) groups excluding carboxylic acids is 1. The summed E-state index contributed by atoms with van der Waals surface area (Å²) in [7, 11) is 0. The van der Waals surface area contributed by atoms with Gasteiger partial charge in [0.2, 0.25) is 0 Å². The highest BCUT2D eigenvalue weighted by molar-refractivity contribution is 7.18. The highest BCUT2D eigenvalue weighted by atomic mass is 32.1. The van der Waals surface area contributed by atoms with Gasteiger partial charge in [0.25, 0.3) is 5.91 Å². The summed E-state index contributed by atoms with van der Waals surface area (Å²) >= 11 is 1.60. The molecular formula is C16H15N3OS. The van der Waals surface area contributed by atoms with Crippen LogP contribution in [0.15, 0.2) is 48.5 Å². The summed E-state index contributed by atoms with van der Waals surface area (Å²) in [4.78, 5) is 16.6. The van der Waals surface area contributed by atoms with Gasteiger partial charge in [-0.15, -0.1) is 11.3 Å². The van der Waals surface area contributed by atoms with E-state index in [1.165, 1.54) is 0 Å². The summed E-state index contributed by atoms with van der Waals surface area (Å²) in [6, 6.07) is 15.3. The van der Waals surface area contributed by atoms with Gasteiger partial charge in [0.15, 0.2) is 0 Å². The van der Waals surface area contributed by atoms with E-state index >= 15 is 0 Å². The molecule has 0 bridgehead atoms. The number of nitrogens with one attached hydrogen (secondary N) is 1. The first kappa shape index (κ1) is 13.7. The second-order valence-electron chi connectivity index (χ2n) is 4.66. The Labute approximate surface area is 126 Å². The van der Waals surface area contributed by atoms with E-state index in [0.29, 0.717) is 18.7 Å². The Morgan fingerprint density at radius 2 is 1.90 bits per heavy atom. The molecule has 5 heteroatoms. The van der Waals surface area contributed by atoms with Gasteiger partial charge in [-0.25, -0.2) is 4.98 Å². The molecule has 21 heavy (non-hydrogen) atoms. The number of thiazole rings is 1. The largest absolute Gasteiger partial charge is 0.346 e. The maximum Gasteiger partial charge on any atom is 0.251 e. The van der Waals surface area contributed by atoms with Gasteiger partial charge < -0.3 is 11.1 Å². The highest BCUT2D eigenvalue weighted by Crippen LogP contribution is 2.21. The quantitative estimate of drug-likeness (QED) is 0.778. The predicted molar refractivity (Wildman–Crippen MR) is 85.1 cm³/mol. The lowest BCUT2D eigenvalue weighted by Crippen LogP contribution is -2.22. The Bertz CT molecular complexity index is 732. The van der Waals surface area contributed by atoms with Crippen LogP contribution < -0.4 is 11.1 Å². The van der Waals surface area contributed by atoms with Gasteiger partial charge in [-0.1, -0.05) is 24.3 Å². The van der Waals surface area contributed by atoms with E-state index in [0.717, 1.165) is 20.8 Å². The molecule has 0 fully saturated rings. The lowest BCUT2D eigenvalue weighted by atomic mass is 10.1. The zero-order valence-corrected chi connectivity index (χ0v) is 12.2. The molecule has 4 nitrogen and oxygen atoms in total. The maximum atomic E-state index is 12.1. The van der Waals surface area contributed by atoms with Gasteiger partial charge in [-0.2, -0.15) is 0 Å². The fourth-order valence-electron chi connectivity index (χ4n) is 2.05. The molecular weight excluding hydrogens is 282 g/mol. The minimum atomic E-state index is -0.0992. The van der Waals surface area contributed by atoms with Crippen molar-refractivity contribution in [1.82, 2.24) is 10.3 Å². The SMILES string of the molecule is NCc1ccc(C(=O)NCc2nc3ccccc3s2)cc1. The Balaban J connectivity index is 1.67. The molecule has 0 spiro atoms. The van der Waals surface area contributed by atoms with Crippen molar-refractivity contribution in [1.29, 1.82) is 0 Å². The Kier molecular flexibility index (Phi) is 3.94. The average Bonchev–Trinajstić information content (AvgIpc) is 2.95. The molecule has 0 saturated carbocycles. The Morgan fingerprint density at radius 3 is 2.62 bits per heavy atom. The third-order valence-corrected chi connectivity index (χ3v) is 4.23. The van der Waals surface area contributed by atoms with Gasteiger partial charge in [-0.3, -0.25) is 4.79 Å². The van der Waals surface area contributed by atoms with E-state index in [2.05, 4.69) is 10.3 Å². The normalized spacial score (nSPS) is 10.7. The van der Waals surface area contributed by atoms with E-state index in [4.69, 9.17) is 5.73 Å². The third-order valence-electron chi connectivity index (χ3n) is 3.19. The van der Waals surface area contributed by atoms with Crippen molar-refractivity contribution >= 4 is 27.5 Å².